The van der Waals surface area contributed by atoms with Crippen molar-refractivity contribution in [1.29, 1.82) is 0 Å². The van der Waals surface area contributed by atoms with Crippen LogP contribution in [0.4, 0.5) is 0 Å². The molecule has 0 saturated heterocycles. The van der Waals surface area contributed by atoms with Gasteiger partial charge in [0.15, 0.2) is 6.71 Å². The van der Waals surface area contributed by atoms with Crippen molar-refractivity contribution in [2.75, 3.05) is 13.1 Å². The molecular weight excluding hydrogens is 341 g/mol. The van der Waals surface area contributed by atoms with Gasteiger partial charge in [0, 0.05) is 25.1 Å². The predicted molar refractivity (Wildman–Crippen MR) is 125 cm³/mol. The van der Waals surface area contributed by atoms with Gasteiger partial charge in [-0.3, -0.25) is 0 Å². The molecule has 1 fully saturated rings. The zero-order valence-corrected chi connectivity index (χ0v) is 18.4. The number of fused-ring (bicyclic) bond motifs is 2. The molecule has 1 aromatic carbocycles. The summed E-state index contributed by atoms with van der Waals surface area (Å²) in [5.74, 6) is 4.03. The highest BCUT2D eigenvalue weighted by molar-refractivity contribution is 6.66. The van der Waals surface area contributed by atoms with Crippen LogP contribution in [0.2, 0.25) is 0 Å². The van der Waals surface area contributed by atoms with Gasteiger partial charge in [-0.25, -0.2) is 0 Å². The molecule has 4 rings (SSSR count). The highest BCUT2D eigenvalue weighted by Gasteiger charge is 2.37. The van der Waals surface area contributed by atoms with Gasteiger partial charge in [-0.05, 0) is 74.2 Å². The molecule has 4 N–H and O–H groups in total. The fourth-order valence-corrected chi connectivity index (χ4v) is 4.68. The van der Waals surface area contributed by atoms with Gasteiger partial charge in [0.05, 0.1) is 0 Å². The van der Waals surface area contributed by atoms with Crippen LogP contribution in [0.5, 0.6) is 0 Å². The maximum Gasteiger partial charge on any atom is 0.199 e. The van der Waals surface area contributed by atoms with Crippen LogP contribution >= 0.6 is 0 Å². The lowest BCUT2D eigenvalue weighted by molar-refractivity contribution is 0.221. The van der Waals surface area contributed by atoms with Crippen molar-refractivity contribution in [2.45, 2.75) is 71.7 Å². The molecule has 0 radical (unpaired) electrons. The molecule has 2 heterocycles. The first-order valence-corrected chi connectivity index (χ1v) is 11.2. The summed E-state index contributed by atoms with van der Waals surface area (Å²) in [5.41, 5.74) is 11.7. The maximum absolute atomic E-state index is 5.55. The number of nitrogens with one attached hydrogen (secondary N) is 2. The van der Waals surface area contributed by atoms with Gasteiger partial charge < -0.3 is 16.4 Å². The summed E-state index contributed by atoms with van der Waals surface area (Å²) < 4.78 is 0. The summed E-state index contributed by atoms with van der Waals surface area (Å²) in [7, 11) is 0. The highest BCUT2D eigenvalue weighted by Crippen LogP contribution is 2.35. The maximum atomic E-state index is 5.55. The number of benzene rings is 1. The molecule has 1 saturated carbocycles. The Labute approximate surface area is 173 Å². The molecule has 0 spiro atoms. The normalized spacial score (nSPS) is 24.1. The minimum Gasteiger partial charge on any atom is -0.393 e. The molecule has 2 aliphatic heterocycles. The Morgan fingerprint density at radius 1 is 1.32 bits per heavy atom. The predicted octanol–water partition coefficient (Wildman–Crippen LogP) is 4.00. The molecule has 4 heteroatoms. The molecule has 1 atom stereocenters. The summed E-state index contributed by atoms with van der Waals surface area (Å²) in [4.78, 5) is 0. The van der Waals surface area contributed by atoms with Gasteiger partial charge in [0.25, 0.3) is 0 Å². The van der Waals surface area contributed by atoms with Gasteiger partial charge in [-0.15, -0.1) is 6.58 Å². The van der Waals surface area contributed by atoms with Gasteiger partial charge >= 0.3 is 0 Å². The monoisotopic (exact) mass is 381 g/mol. The van der Waals surface area contributed by atoms with Crippen molar-refractivity contribution >= 4 is 6.71 Å². The van der Waals surface area contributed by atoms with Gasteiger partial charge in [0.2, 0.25) is 0 Å². The van der Waals surface area contributed by atoms with Crippen LogP contribution in [0, 0.1) is 12.8 Å². The quantitative estimate of drug-likeness (QED) is 0.534. The lowest BCUT2D eigenvalue weighted by Crippen LogP contribution is -2.44. The van der Waals surface area contributed by atoms with Crippen LogP contribution in [-0.2, 0) is 12.7 Å². The number of hydrogen-bond donors (Lipinski definition) is 3. The average Bonchev–Trinajstić information content (AvgIpc) is 3.06. The summed E-state index contributed by atoms with van der Waals surface area (Å²) in [6.07, 6.45) is 8.02. The summed E-state index contributed by atoms with van der Waals surface area (Å²) in [6.45, 7) is 13.9. The second-order valence-electron chi connectivity index (χ2n) is 8.12. The van der Waals surface area contributed by atoms with E-state index in [1.165, 1.54) is 43.3 Å². The van der Waals surface area contributed by atoms with Crippen molar-refractivity contribution in [3.05, 3.63) is 59.2 Å². The number of hydrogen-bond acceptors (Lipinski definition) is 3. The highest BCUT2D eigenvalue weighted by atomic mass is 15.0. The summed E-state index contributed by atoms with van der Waals surface area (Å²) >= 11 is 0. The Hall–Kier alpha value is -1.52. The second kappa shape index (κ2) is 11.5. The molecule has 1 aliphatic carbocycles. The van der Waals surface area contributed by atoms with E-state index in [4.69, 9.17) is 5.73 Å². The third-order valence-electron chi connectivity index (χ3n) is 6.01. The van der Waals surface area contributed by atoms with Crippen molar-refractivity contribution < 1.29 is 0 Å². The minimum atomic E-state index is 0.630. The van der Waals surface area contributed by atoms with E-state index in [-0.39, 0.29) is 0 Å². The fraction of sp³-hybridized carbons (Fsp3) is 0.583. The second-order valence-corrected chi connectivity index (χ2v) is 8.12. The molecule has 3 aliphatic rings. The number of nitrogens with two attached hydrogens (primary N) is 1. The largest absolute Gasteiger partial charge is 0.393 e. The minimum absolute atomic E-state index is 0.630. The molecule has 1 unspecified atom stereocenters. The van der Waals surface area contributed by atoms with E-state index < -0.39 is 0 Å². The summed E-state index contributed by atoms with van der Waals surface area (Å²) in [5, 5.41) is 7.36. The first kappa shape index (κ1) is 22.8. The average molecular weight is 381 g/mol. The lowest BCUT2D eigenvalue weighted by atomic mass is 9.39. The van der Waals surface area contributed by atoms with Gasteiger partial charge in [-0.2, -0.15) is 0 Å². The van der Waals surface area contributed by atoms with Crippen molar-refractivity contribution in [2.24, 2.45) is 11.7 Å². The lowest BCUT2D eigenvalue weighted by Gasteiger charge is -2.36. The fourth-order valence-electron chi connectivity index (χ4n) is 4.68. The molecule has 154 valence electrons. The van der Waals surface area contributed by atoms with Crippen LogP contribution < -0.4 is 16.4 Å². The topological polar surface area (TPSA) is 50.1 Å². The van der Waals surface area contributed by atoms with E-state index >= 15 is 0 Å². The Balaban J connectivity index is 0.000000514. The van der Waals surface area contributed by atoms with E-state index in [1.807, 2.05) is 20.8 Å². The first-order valence-electron chi connectivity index (χ1n) is 11.2. The van der Waals surface area contributed by atoms with E-state index in [2.05, 4.69) is 48.3 Å². The zero-order valence-electron chi connectivity index (χ0n) is 18.4. The Morgan fingerprint density at radius 2 is 2.04 bits per heavy atom. The van der Waals surface area contributed by atoms with E-state index in [0.29, 0.717) is 18.7 Å². The molecular formula is C24H40BN3. The Kier molecular flexibility index (Phi) is 9.33. The molecule has 3 nitrogen and oxygen atoms in total. The molecule has 28 heavy (non-hydrogen) atoms. The van der Waals surface area contributed by atoms with Crippen LogP contribution in [0.3, 0.4) is 0 Å². The van der Waals surface area contributed by atoms with Crippen LogP contribution in [0.15, 0.2) is 42.5 Å². The number of allylic oxidation sites excluding steroid dienone is 2. The van der Waals surface area contributed by atoms with Gasteiger partial charge in [0.1, 0.15) is 0 Å². The van der Waals surface area contributed by atoms with Gasteiger partial charge in [-0.1, -0.05) is 44.1 Å². The van der Waals surface area contributed by atoms with E-state index in [0.717, 1.165) is 19.0 Å². The molecule has 1 aromatic rings. The van der Waals surface area contributed by atoms with E-state index in [1.54, 1.807) is 17.2 Å². The van der Waals surface area contributed by atoms with E-state index in [9.17, 15) is 0 Å². The van der Waals surface area contributed by atoms with Crippen LogP contribution in [0.25, 0.3) is 0 Å². The third-order valence-corrected chi connectivity index (χ3v) is 6.01. The molecule has 0 bridgehead atoms. The number of rotatable bonds is 5. The van der Waals surface area contributed by atoms with Crippen molar-refractivity contribution in [1.82, 2.24) is 10.6 Å². The zero-order chi connectivity index (χ0) is 20.5. The third kappa shape index (κ3) is 5.74. The summed E-state index contributed by atoms with van der Waals surface area (Å²) in [6, 6.07) is 7.49. The number of aryl methyl sites for hydroxylation is 1. The first-order chi connectivity index (χ1) is 13.6. The van der Waals surface area contributed by atoms with Crippen molar-refractivity contribution in [3.63, 3.8) is 0 Å². The Bertz CT molecular complexity index is 649. The Morgan fingerprint density at radius 3 is 2.71 bits per heavy atom. The van der Waals surface area contributed by atoms with Crippen LogP contribution in [0.1, 0.15) is 56.7 Å². The smallest absolute Gasteiger partial charge is 0.199 e. The molecule has 0 aromatic heterocycles. The standard InChI is InChI=1S/C19H28BN3.C3H6.C2H6/c1-13-3-2-4-15-10-19-20(12-18(13)15)11-17(23-19)9-14-7-16(8-14)22-6-5-21;1-3-2;1-2/h2-4,11,14,16,19,22-23H,5-10,12,21H2,1H3;3H,1H2,2H3;1-2H3. The molecule has 0 amide bonds. The van der Waals surface area contributed by atoms with Crippen molar-refractivity contribution in [3.8, 4) is 0 Å². The van der Waals surface area contributed by atoms with Crippen LogP contribution in [-0.4, -0.2) is 31.8 Å². The SMILES string of the molecule is C=CC.CC.Cc1cccc2c1CB1C=C(CC3CC(NCCN)C3)NC1C2.